The van der Waals surface area contributed by atoms with E-state index in [-0.39, 0.29) is 0 Å². The standard InChI is InChI=1S/C15H15BrO/c1-11-4-3-5-15(8-11)17-10-13-6-7-14(16)9-12(13)2/h3-9H,10H2,1-2H3. The van der Waals surface area contributed by atoms with Gasteiger partial charge in [-0.3, -0.25) is 0 Å². The van der Waals surface area contributed by atoms with Crippen molar-refractivity contribution >= 4 is 15.9 Å². The van der Waals surface area contributed by atoms with Crippen LogP contribution in [0.4, 0.5) is 0 Å². The molecule has 88 valence electrons. The Morgan fingerprint density at radius 1 is 1.06 bits per heavy atom. The maximum Gasteiger partial charge on any atom is 0.120 e. The van der Waals surface area contributed by atoms with E-state index in [1.807, 2.05) is 24.3 Å². The van der Waals surface area contributed by atoms with Crippen molar-refractivity contribution in [1.29, 1.82) is 0 Å². The van der Waals surface area contributed by atoms with Crippen molar-refractivity contribution in [2.24, 2.45) is 0 Å². The first kappa shape index (κ1) is 12.2. The SMILES string of the molecule is Cc1cccc(OCc2ccc(Br)cc2C)c1. The quantitative estimate of drug-likeness (QED) is 0.800. The second kappa shape index (κ2) is 5.37. The van der Waals surface area contributed by atoms with E-state index in [9.17, 15) is 0 Å². The van der Waals surface area contributed by atoms with E-state index >= 15 is 0 Å². The molecule has 0 amide bonds. The largest absolute Gasteiger partial charge is 0.489 e. The Hall–Kier alpha value is -1.28. The van der Waals surface area contributed by atoms with Gasteiger partial charge in [-0.05, 0) is 54.8 Å². The van der Waals surface area contributed by atoms with Crippen molar-refractivity contribution < 1.29 is 4.74 Å². The van der Waals surface area contributed by atoms with Crippen molar-refractivity contribution in [3.63, 3.8) is 0 Å². The van der Waals surface area contributed by atoms with Gasteiger partial charge in [0.1, 0.15) is 12.4 Å². The van der Waals surface area contributed by atoms with Crippen LogP contribution >= 0.6 is 15.9 Å². The fourth-order valence-electron chi connectivity index (χ4n) is 1.69. The molecule has 0 fully saturated rings. The van der Waals surface area contributed by atoms with Crippen LogP contribution in [0.15, 0.2) is 46.9 Å². The first-order chi connectivity index (χ1) is 8.15. The van der Waals surface area contributed by atoms with Crippen molar-refractivity contribution in [2.45, 2.75) is 20.5 Å². The maximum absolute atomic E-state index is 5.78. The molecule has 1 nitrogen and oxygen atoms in total. The highest BCUT2D eigenvalue weighted by Gasteiger charge is 2.00. The highest BCUT2D eigenvalue weighted by molar-refractivity contribution is 9.10. The Kier molecular flexibility index (Phi) is 3.85. The lowest BCUT2D eigenvalue weighted by Gasteiger charge is -2.09. The van der Waals surface area contributed by atoms with E-state index in [1.54, 1.807) is 0 Å². The minimum atomic E-state index is 0.614. The number of halogens is 1. The van der Waals surface area contributed by atoms with Gasteiger partial charge in [-0.2, -0.15) is 0 Å². The monoisotopic (exact) mass is 290 g/mol. The number of ether oxygens (including phenoxy) is 1. The molecule has 0 aliphatic heterocycles. The number of benzene rings is 2. The zero-order valence-electron chi connectivity index (χ0n) is 10.0. The minimum Gasteiger partial charge on any atom is -0.489 e. The fraction of sp³-hybridized carbons (Fsp3) is 0.200. The highest BCUT2D eigenvalue weighted by Crippen LogP contribution is 2.19. The minimum absolute atomic E-state index is 0.614. The van der Waals surface area contributed by atoms with E-state index in [0.29, 0.717) is 6.61 Å². The van der Waals surface area contributed by atoms with Gasteiger partial charge >= 0.3 is 0 Å². The number of rotatable bonds is 3. The summed E-state index contributed by atoms with van der Waals surface area (Å²) in [6, 6.07) is 14.4. The second-order valence-corrected chi connectivity index (χ2v) is 5.09. The van der Waals surface area contributed by atoms with Crippen LogP contribution in [0.2, 0.25) is 0 Å². The Morgan fingerprint density at radius 2 is 1.88 bits per heavy atom. The molecule has 0 saturated heterocycles. The molecule has 0 bridgehead atoms. The predicted molar refractivity (Wildman–Crippen MR) is 74.4 cm³/mol. The van der Waals surface area contributed by atoms with Gasteiger partial charge in [-0.15, -0.1) is 0 Å². The van der Waals surface area contributed by atoms with Gasteiger partial charge in [0.2, 0.25) is 0 Å². The Morgan fingerprint density at radius 3 is 2.59 bits per heavy atom. The van der Waals surface area contributed by atoms with Crippen LogP contribution in [0.3, 0.4) is 0 Å². The van der Waals surface area contributed by atoms with Gasteiger partial charge in [-0.25, -0.2) is 0 Å². The zero-order chi connectivity index (χ0) is 12.3. The Labute approximate surface area is 111 Å². The summed E-state index contributed by atoms with van der Waals surface area (Å²) in [6.07, 6.45) is 0. The summed E-state index contributed by atoms with van der Waals surface area (Å²) >= 11 is 3.46. The average Bonchev–Trinajstić information content (AvgIpc) is 2.28. The van der Waals surface area contributed by atoms with E-state index in [2.05, 4.69) is 48.0 Å². The van der Waals surface area contributed by atoms with Crippen molar-refractivity contribution in [1.82, 2.24) is 0 Å². The molecule has 17 heavy (non-hydrogen) atoms. The predicted octanol–water partition coefficient (Wildman–Crippen LogP) is 4.64. The summed E-state index contributed by atoms with van der Waals surface area (Å²) in [5, 5.41) is 0. The molecule has 0 spiro atoms. The first-order valence-corrected chi connectivity index (χ1v) is 6.39. The van der Waals surface area contributed by atoms with Gasteiger partial charge in [0.05, 0.1) is 0 Å². The number of aryl methyl sites for hydroxylation is 2. The molecule has 0 saturated carbocycles. The maximum atomic E-state index is 5.78. The number of hydrogen-bond donors (Lipinski definition) is 0. The van der Waals surface area contributed by atoms with E-state index in [0.717, 1.165) is 10.2 Å². The second-order valence-electron chi connectivity index (χ2n) is 4.18. The number of hydrogen-bond acceptors (Lipinski definition) is 1. The topological polar surface area (TPSA) is 9.23 Å². The molecule has 0 aliphatic rings. The summed E-state index contributed by atoms with van der Waals surface area (Å²) in [7, 11) is 0. The van der Waals surface area contributed by atoms with Gasteiger partial charge in [-0.1, -0.05) is 34.1 Å². The van der Waals surface area contributed by atoms with Gasteiger partial charge in [0.15, 0.2) is 0 Å². The summed E-state index contributed by atoms with van der Waals surface area (Å²) in [4.78, 5) is 0. The Balaban J connectivity index is 2.07. The van der Waals surface area contributed by atoms with Crippen LogP contribution in [-0.2, 0) is 6.61 Å². The van der Waals surface area contributed by atoms with E-state index < -0.39 is 0 Å². The highest BCUT2D eigenvalue weighted by atomic mass is 79.9. The third kappa shape index (κ3) is 3.34. The molecule has 0 N–H and O–H groups in total. The Bertz CT molecular complexity index is 520. The van der Waals surface area contributed by atoms with E-state index in [1.165, 1.54) is 16.7 Å². The third-order valence-corrected chi connectivity index (χ3v) is 3.18. The lowest BCUT2D eigenvalue weighted by atomic mass is 10.1. The van der Waals surface area contributed by atoms with Crippen molar-refractivity contribution in [3.05, 3.63) is 63.6 Å². The lowest BCUT2D eigenvalue weighted by Crippen LogP contribution is -1.97. The van der Waals surface area contributed by atoms with Crippen molar-refractivity contribution in [2.75, 3.05) is 0 Å². The average molecular weight is 291 g/mol. The molecule has 2 heteroatoms. The van der Waals surface area contributed by atoms with Gasteiger partial charge in [0, 0.05) is 4.47 Å². The summed E-state index contributed by atoms with van der Waals surface area (Å²) < 4.78 is 6.88. The summed E-state index contributed by atoms with van der Waals surface area (Å²) in [6.45, 7) is 4.78. The van der Waals surface area contributed by atoms with Crippen LogP contribution in [0.1, 0.15) is 16.7 Å². The third-order valence-electron chi connectivity index (χ3n) is 2.69. The summed E-state index contributed by atoms with van der Waals surface area (Å²) in [5.41, 5.74) is 3.68. The van der Waals surface area contributed by atoms with Crippen LogP contribution in [0.25, 0.3) is 0 Å². The fourth-order valence-corrected chi connectivity index (χ4v) is 2.16. The smallest absolute Gasteiger partial charge is 0.120 e. The zero-order valence-corrected chi connectivity index (χ0v) is 11.6. The normalized spacial score (nSPS) is 10.3. The van der Waals surface area contributed by atoms with Crippen LogP contribution in [0.5, 0.6) is 5.75 Å². The lowest BCUT2D eigenvalue weighted by molar-refractivity contribution is 0.305. The van der Waals surface area contributed by atoms with Crippen molar-refractivity contribution in [3.8, 4) is 5.75 Å². The van der Waals surface area contributed by atoms with E-state index in [4.69, 9.17) is 4.74 Å². The molecular formula is C15H15BrO. The molecule has 0 aliphatic carbocycles. The molecule has 2 rings (SSSR count). The molecule has 0 aromatic heterocycles. The molecule has 0 heterocycles. The van der Waals surface area contributed by atoms with Crippen LogP contribution in [0, 0.1) is 13.8 Å². The molecule has 0 radical (unpaired) electrons. The molecule has 0 atom stereocenters. The van der Waals surface area contributed by atoms with Gasteiger partial charge in [0.25, 0.3) is 0 Å². The molecule has 2 aromatic rings. The molecular weight excluding hydrogens is 276 g/mol. The first-order valence-electron chi connectivity index (χ1n) is 5.59. The summed E-state index contributed by atoms with van der Waals surface area (Å²) in [5.74, 6) is 0.923. The van der Waals surface area contributed by atoms with Crippen LogP contribution < -0.4 is 4.74 Å². The van der Waals surface area contributed by atoms with Gasteiger partial charge < -0.3 is 4.74 Å². The molecule has 2 aromatic carbocycles. The van der Waals surface area contributed by atoms with Crippen LogP contribution in [-0.4, -0.2) is 0 Å². The molecule has 0 unspecified atom stereocenters.